The van der Waals surface area contributed by atoms with E-state index in [1.54, 1.807) is 0 Å². The maximum Gasteiger partial charge on any atom is 0.122 e. The zero-order valence-electron chi connectivity index (χ0n) is 9.03. The number of rotatable bonds is 7. The minimum Gasteiger partial charge on any atom is -0.351 e. The van der Waals surface area contributed by atoms with Crippen LogP contribution in [0.4, 0.5) is 0 Å². The Morgan fingerprint density at radius 2 is 1.33 bits per heavy atom. The third kappa shape index (κ3) is 4.94. The standard InChI is InChI=1S/C10H25NSi/c1-4-7-9-12(11,6-3)10-8-5-2/h4-11H2,1-3H3. The second-order valence-corrected chi connectivity index (χ2v) is 8.35. The normalized spacial score (nSPS) is 12.0. The predicted octanol–water partition coefficient (Wildman–Crippen LogP) is 3.51. The molecule has 74 valence electrons. The zero-order valence-corrected chi connectivity index (χ0v) is 10.0. The molecule has 1 nitrogen and oxygen atoms in total. The van der Waals surface area contributed by atoms with Gasteiger partial charge in [0.25, 0.3) is 0 Å². The van der Waals surface area contributed by atoms with Crippen molar-refractivity contribution in [3.8, 4) is 0 Å². The Morgan fingerprint density at radius 3 is 1.58 bits per heavy atom. The van der Waals surface area contributed by atoms with Crippen LogP contribution < -0.4 is 5.40 Å². The molecule has 0 amide bonds. The highest BCUT2D eigenvalue weighted by atomic mass is 28.3. The second kappa shape index (κ2) is 6.67. The summed E-state index contributed by atoms with van der Waals surface area (Å²) in [4.78, 5) is 0. The van der Waals surface area contributed by atoms with Gasteiger partial charge in [-0.05, 0) is 18.1 Å². The van der Waals surface area contributed by atoms with E-state index in [-0.39, 0.29) is 0 Å². The number of unbranched alkanes of at least 4 members (excludes halogenated alkanes) is 2. The summed E-state index contributed by atoms with van der Waals surface area (Å²) in [6, 6.07) is 3.97. The topological polar surface area (TPSA) is 26.0 Å². The molecular formula is C10H25NSi. The van der Waals surface area contributed by atoms with Gasteiger partial charge in [-0.25, -0.2) is 0 Å². The van der Waals surface area contributed by atoms with Crippen molar-refractivity contribution < 1.29 is 0 Å². The van der Waals surface area contributed by atoms with Crippen LogP contribution in [0.15, 0.2) is 0 Å². The van der Waals surface area contributed by atoms with E-state index in [4.69, 9.17) is 5.40 Å². The summed E-state index contributed by atoms with van der Waals surface area (Å²) in [5.74, 6) is 0. The SMILES string of the molecule is CCCC[Si](N)(CC)CCCC. The van der Waals surface area contributed by atoms with Gasteiger partial charge in [-0.3, -0.25) is 0 Å². The van der Waals surface area contributed by atoms with Crippen molar-refractivity contribution >= 4 is 8.24 Å². The molecule has 0 aromatic heterocycles. The second-order valence-electron chi connectivity index (χ2n) is 3.92. The van der Waals surface area contributed by atoms with Crippen LogP contribution in [0.2, 0.25) is 18.1 Å². The molecule has 0 aromatic carbocycles. The lowest BCUT2D eigenvalue weighted by Crippen LogP contribution is -2.44. The molecule has 0 aromatic rings. The Kier molecular flexibility index (Phi) is 6.77. The predicted molar refractivity (Wildman–Crippen MR) is 59.9 cm³/mol. The average Bonchev–Trinajstić information content (AvgIpc) is 2.11. The molecule has 0 radical (unpaired) electrons. The van der Waals surface area contributed by atoms with E-state index in [0.29, 0.717) is 0 Å². The van der Waals surface area contributed by atoms with Crippen molar-refractivity contribution in [2.24, 2.45) is 5.40 Å². The quantitative estimate of drug-likeness (QED) is 0.606. The van der Waals surface area contributed by atoms with Crippen molar-refractivity contribution in [3.05, 3.63) is 0 Å². The van der Waals surface area contributed by atoms with Gasteiger partial charge >= 0.3 is 0 Å². The summed E-state index contributed by atoms with van der Waals surface area (Å²) in [7, 11) is -1.27. The molecule has 0 rings (SSSR count). The minimum absolute atomic E-state index is 1.27. The number of hydrogen-bond donors (Lipinski definition) is 1. The first-order chi connectivity index (χ1) is 5.68. The van der Waals surface area contributed by atoms with Gasteiger partial charge in [-0.2, -0.15) is 0 Å². The maximum atomic E-state index is 6.41. The van der Waals surface area contributed by atoms with Crippen LogP contribution >= 0.6 is 0 Å². The van der Waals surface area contributed by atoms with Crippen molar-refractivity contribution in [2.75, 3.05) is 0 Å². The summed E-state index contributed by atoms with van der Waals surface area (Å²) in [5, 5.41) is 6.41. The Hall–Kier alpha value is 0.177. The molecule has 0 bridgehead atoms. The highest BCUT2D eigenvalue weighted by molar-refractivity contribution is 6.76. The summed E-state index contributed by atoms with van der Waals surface area (Å²) < 4.78 is 0. The Balaban J connectivity index is 3.70. The third-order valence-electron chi connectivity index (χ3n) is 2.76. The van der Waals surface area contributed by atoms with Crippen LogP contribution in [0.3, 0.4) is 0 Å². The zero-order chi connectivity index (χ0) is 9.45. The van der Waals surface area contributed by atoms with Crippen LogP contribution in [0.1, 0.15) is 46.5 Å². The smallest absolute Gasteiger partial charge is 0.122 e. The van der Waals surface area contributed by atoms with E-state index in [2.05, 4.69) is 20.8 Å². The molecule has 2 heteroatoms. The van der Waals surface area contributed by atoms with Crippen LogP contribution in [-0.2, 0) is 0 Å². The molecule has 0 atom stereocenters. The molecule has 0 aliphatic heterocycles. The largest absolute Gasteiger partial charge is 0.351 e. The molecular weight excluding hydrogens is 162 g/mol. The Labute approximate surface area is 78.8 Å². The van der Waals surface area contributed by atoms with Crippen molar-refractivity contribution in [1.82, 2.24) is 0 Å². The number of hydrogen-bond acceptors (Lipinski definition) is 1. The lowest BCUT2D eigenvalue weighted by molar-refractivity contribution is 0.818. The van der Waals surface area contributed by atoms with Crippen molar-refractivity contribution in [3.63, 3.8) is 0 Å². The number of nitrogens with two attached hydrogens (primary N) is 1. The van der Waals surface area contributed by atoms with Crippen LogP contribution in [0.5, 0.6) is 0 Å². The van der Waals surface area contributed by atoms with Gasteiger partial charge in [0.15, 0.2) is 0 Å². The molecule has 0 aliphatic rings. The first kappa shape index (κ1) is 12.2. The molecule has 0 saturated heterocycles. The molecule has 0 saturated carbocycles. The first-order valence-electron chi connectivity index (χ1n) is 5.47. The van der Waals surface area contributed by atoms with Crippen LogP contribution in [0.25, 0.3) is 0 Å². The molecule has 2 N–H and O–H groups in total. The highest BCUT2D eigenvalue weighted by Gasteiger charge is 2.23. The summed E-state index contributed by atoms with van der Waals surface area (Å²) in [6.45, 7) is 6.78. The van der Waals surface area contributed by atoms with E-state index >= 15 is 0 Å². The molecule has 0 heterocycles. The minimum atomic E-state index is -1.27. The van der Waals surface area contributed by atoms with Crippen molar-refractivity contribution in [2.45, 2.75) is 64.6 Å². The van der Waals surface area contributed by atoms with Crippen LogP contribution in [-0.4, -0.2) is 8.24 Å². The van der Waals surface area contributed by atoms with Gasteiger partial charge in [0, 0.05) is 0 Å². The monoisotopic (exact) mass is 187 g/mol. The fourth-order valence-electron chi connectivity index (χ4n) is 1.54. The van der Waals surface area contributed by atoms with Gasteiger partial charge in [-0.15, -0.1) is 0 Å². The van der Waals surface area contributed by atoms with E-state index < -0.39 is 8.24 Å². The van der Waals surface area contributed by atoms with Gasteiger partial charge in [-0.1, -0.05) is 46.5 Å². The van der Waals surface area contributed by atoms with E-state index in [1.807, 2.05) is 0 Å². The third-order valence-corrected chi connectivity index (χ3v) is 6.87. The van der Waals surface area contributed by atoms with Gasteiger partial charge < -0.3 is 5.40 Å². The van der Waals surface area contributed by atoms with E-state index in [1.165, 1.54) is 43.8 Å². The van der Waals surface area contributed by atoms with Gasteiger partial charge in [0.05, 0.1) is 0 Å². The van der Waals surface area contributed by atoms with Crippen molar-refractivity contribution in [1.29, 1.82) is 0 Å². The summed E-state index contributed by atoms with van der Waals surface area (Å²) in [5.41, 5.74) is 0. The average molecular weight is 187 g/mol. The molecule has 0 aliphatic carbocycles. The fourth-order valence-corrected chi connectivity index (χ4v) is 4.61. The van der Waals surface area contributed by atoms with E-state index in [9.17, 15) is 0 Å². The lowest BCUT2D eigenvalue weighted by Gasteiger charge is -2.24. The fraction of sp³-hybridized carbons (Fsp3) is 1.00. The molecule has 0 unspecified atom stereocenters. The molecule has 0 fully saturated rings. The molecule has 12 heavy (non-hydrogen) atoms. The Bertz CT molecular complexity index is 96.0. The maximum absolute atomic E-state index is 6.41. The molecule has 0 spiro atoms. The lowest BCUT2D eigenvalue weighted by atomic mass is 10.4. The summed E-state index contributed by atoms with van der Waals surface area (Å²) >= 11 is 0. The van der Waals surface area contributed by atoms with Gasteiger partial charge in [0.2, 0.25) is 0 Å². The van der Waals surface area contributed by atoms with E-state index in [0.717, 1.165) is 0 Å². The Morgan fingerprint density at radius 1 is 0.917 bits per heavy atom. The van der Waals surface area contributed by atoms with Gasteiger partial charge in [0.1, 0.15) is 8.24 Å². The van der Waals surface area contributed by atoms with Crippen LogP contribution in [0, 0.1) is 0 Å². The summed E-state index contributed by atoms with van der Waals surface area (Å²) in [6.07, 6.45) is 5.30. The first-order valence-corrected chi connectivity index (χ1v) is 8.17. The highest BCUT2D eigenvalue weighted by Crippen LogP contribution is 2.20.